The summed E-state index contributed by atoms with van der Waals surface area (Å²) >= 11 is 5.89. The largest absolute Gasteiger partial charge is 0.392 e. The Hall–Kier alpha value is 0.220. The van der Waals surface area contributed by atoms with Crippen molar-refractivity contribution in [1.29, 1.82) is 0 Å². The van der Waals surface area contributed by atoms with Gasteiger partial charge in [0.1, 0.15) is 0 Å². The summed E-state index contributed by atoms with van der Waals surface area (Å²) in [4.78, 5) is 1.33. The van der Waals surface area contributed by atoms with Crippen LogP contribution in [0.1, 0.15) is 5.56 Å². The third-order valence-corrected chi connectivity index (χ3v) is 5.68. The Bertz CT molecular complexity index is 464. The smallest absolute Gasteiger partial charge is 0.0801 e. The molecule has 0 fully saturated rings. The van der Waals surface area contributed by atoms with Gasteiger partial charge in [-0.05, 0) is 34.4 Å². The molecule has 14 heavy (non-hydrogen) atoms. The summed E-state index contributed by atoms with van der Waals surface area (Å²) in [6, 6.07) is 6.12. The van der Waals surface area contributed by atoms with Crippen molar-refractivity contribution in [2.45, 2.75) is 11.5 Å². The highest BCUT2D eigenvalue weighted by Crippen LogP contribution is 2.39. The van der Waals surface area contributed by atoms with Crippen LogP contribution in [0.2, 0.25) is 0 Å². The van der Waals surface area contributed by atoms with Gasteiger partial charge < -0.3 is 5.11 Å². The minimum absolute atomic E-state index is 0.127. The standard InChI is InChI=1S/C10H9IOS2/c1-13-9-7-4-2-3-6(5-12)8(7)14-10(9)11/h2-4,12H,5H2,1H3. The number of rotatable bonds is 2. The zero-order chi connectivity index (χ0) is 10.1. The molecule has 1 heterocycles. The minimum atomic E-state index is 0.127. The Kier molecular flexibility index (Phi) is 3.36. The number of aliphatic hydroxyl groups is 1. The fourth-order valence-corrected chi connectivity index (χ4v) is 4.97. The third-order valence-electron chi connectivity index (χ3n) is 2.09. The SMILES string of the molecule is CSc1c(I)sc2c(CO)cccc12. The minimum Gasteiger partial charge on any atom is -0.392 e. The number of aliphatic hydroxyl groups excluding tert-OH is 1. The number of thioether (sulfide) groups is 1. The van der Waals surface area contributed by atoms with E-state index in [1.807, 2.05) is 12.1 Å². The second kappa shape index (κ2) is 4.38. The number of benzene rings is 1. The molecule has 0 aliphatic rings. The molecule has 0 saturated carbocycles. The van der Waals surface area contributed by atoms with Gasteiger partial charge in [-0.3, -0.25) is 0 Å². The zero-order valence-electron chi connectivity index (χ0n) is 7.58. The van der Waals surface area contributed by atoms with E-state index in [-0.39, 0.29) is 6.61 Å². The van der Waals surface area contributed by atoms with Crippen molar-refractivity contribution in [2.75, 3.05) is 6.26 Å². The molecule has 0 aliphatic carbocycles. The van der Waals surface area contributed by atoms with Gasteiger partial charge in [-0.1, -0.05) is 18.2 Å². The van der Waals surface area contributed by atoms with Crippen molar-refractivity contribution in [2.24, 2.45) is 0 Å². The average Bonchev–Trinajstić information content (AvgIpc) is 2.52. The van der Waals surface area contributed by atoms with Crippen molar-refractivity contribution in [3.8, 4) is 0 Å². The Balaban J connectivity index is 2.79. The van der Waals surface area contributed by atoms with Crippen molar-refractivity contribution < 1.29 is 5.11 Å². The van der Waals surface area contributed by atoms with Crippen molar-refractivity contribution >= 4 is 55.8 Å². The number of hydrogen-bond donors (Lipinski definition) is 1. The molecule has 74 valence electrons. The lowest BCUT2D eigenvalue weighted by molar-refractivity contribution is 0.283. The van der Waals surface area contributed by atoms with Crippen molar-refractivity contribution in [3.63, 3.8) is 0 Å². The van der Waals surface area contributed by atoms with Gasteiger partial charge in [-0.2, -0.15) is 0 Å². The van der Waals surface area contributed by atoms with Crippen LogP contribution in [0.15, 0.2) is 23.1 Å². The highest BCUT2D eigenvalue weighted by Gasteiger charge is 2.11. The van der Waals surface area contributed by atoms with E-state index in [2.05, 4.69) is 34.9 Å². The second-order valence-corrected chi connectivity index (χ2v) is 6.51. The van der Waals surface area contributed by atoms with Gasteiger partial charge in [0.25, 0.3) is 0 Å². The maximum Gasteiger partial charge on any atom is 0.0801 e. The summed E-state index contributed by atoms with van der Waals surface area (Å²) < 4.78 is 2.54. The van der Waals surface area contributed by atoms with Gasteiger partial charge in [0.15, 0.2) is 0 Å². The molecule has 1 nitrogen and oxygen atoms in total. The molecule has 0 saturated heterocycles. The van der Waals surface area contributed by atoms with Gasteiger partial charge in [-0.15, -0.1) is 23.1 Å². The van der Waals surface area contributed by atoms with Crippen LogP contribution in [0.3, 0.4) is 0 Å². The van der Waals surface area contributed by atoms with Crippen molar-refractivity contribution in [1.82, 2.24) is 0 Å². The molecule has 1 N–H and O–H groups in total. The van der Waals surface area contributed by atoms with E-state index in [0.717, 1.165) is 5.56 Å². The normalized spacial score (nSPS) is 11.1. The van der Waals surface area contributed by atoms with Gasteiger partial charge in [0.05, 0.1) is 9.49 Å². The number of fused-ring (bicyclic) bond motifs is 1. The van der Waals surface area contributed by atoms with E-state index in [1.165, 1.54) is 17.9 Å². The maximum absolute atomic E-state index is 9.21. The number of hydrogen-bond acceptors (Lipinski definition) is 3. The molecular weight excluding hydrogens is 327 g/mol. The van der Waals surface area contributed by atoms with Gasteiger partial charge in [0.2, 0.25) is 0 Å². The Labute approximate surface area is 105 Å². The monoisotopic (exact) mass is 336 g/mol. The topological polar surface area (TPSA) is 20.2 Å². The van der Waals surface area contributed by atoms with Crippen LogP contribution < -0.4 is 0 Å². The average molecular weight is 336 g/mol. The van der Waals surface area contributed by atoms with Crippen LogP contribution in [0, 0.1) is 2.88 Å². The first-order valence-corrected chi connectivity index (χ1v) is 7.24. The van der Waals surface area contributed by atoms with E-state index < -0.39 is 0 Å². The van der Waals surface area contributed by atoms with Gasteiger partial charge in [0, 0.05) is 15.0 Å². The van der Waals surface area contributed by atoms with Crippen LogP contribution in [-0.4, -0.2) is 11.4 Å². The molecule has 0 spiro atoms. The third kappa shape index (κ3) is 1.68. The van der Waals surface area contributed by atoms with E-state index >= 15 is 0 Å². The van der Waals surface area contributed by atoms with Crippen LogP contribution in [0.5, 0.6) is 0 Å². The summed E-state index contributed by atoms with van der Waals surface area (Å²) in [5.74, 6) is 0. The van der Waals surface area contributed by atoms with Gasteiger partial charge >= 0.3 is 0 Å². The summed E-state index contributed by atoms with van der Waals surface area (Å²) in [6.45, 7) is 0.127. The lowest BCUT2D eigenvalue weighted by Gasteiger charge is -1.98. The summed E-state index contributed by atoms with van der Waals surface area (Å²) in [6.07, 6.45) is 2.09. The van der Waals surface area contributed by atoms with Crippen LogP contribution in [-0.2, 0) is 6.61 Å². The molecule has 0 amide bonds. The highest BCUT2D eigenvalue weighted by atomic mass is 127. The van der Waals surface area contributed by atoms with E-state index in [1.54, 1.807) is 23.1 Å². The predicted octanol–water partition coefficient (Wildman–Crippen LogP) is 3.72. The number of thiophene rings is 1. The maximum atomic E-state index is 9.21. The lowest BCUT2D eigenvalue weighted by atomic mass is 10.2. The highest BCUT2D eigenvalue weighted by molar-refractivity contribution is 14.1. The first kappa shape index (κ1) is 10.7. The molecule has 0 atom stereocenters. The summed E-state index contributed by atoms with van der Waals surface area (Å²) in [5.41, 5.74) is 1.03. The first-order chi connectivity index (χ1) is 6.77. The molecule has 2 aromatic rings. The molecule has 1 aromatic carbocycles. The Morgan fingerprint density at radius 2 is 2.29 bits per heavy atom. The van der Waals surface area contributed by atoms with Crippen LogP contribution in [0.4, 0.5) is 0 Å². The fraction of sp³-hybridized carbons (Fsp3) is 0.200. The van der Waals surface area contributed by atoms with Crippen LogP contribution in [0.25, 0.3) is 10.1 Å². The molecular formula is C10H9IOS2. The number of halogens is 1. The lowest BCUT2D eigenvalue weighted by Crippen LogP contribution is -1.81. The zero-order valence-corrected chi connectivity index (χ0v) is 11.4. The van der Waals surface area contributed by atoms with Gasteiger partial charge in [-0.25, -0.2) is 0 Å². The molecule has 1 aromatic heterocycles. The fourth-order valence-electron chi connectivity index (χ4n) is 1.44. The molecule has 0 unspecified atom stereocenters. The quantitative estimate of drug-likeness (QED) is 0.666. The van der Waals surface area contributed by atoms with Crippen molar-refractivity contribution in [3.05, 3.63) is 26.6 Å². The summed E-state index contributed by atoms with van der Waals surface area (Å²) in [5, 5.41) is 10.5. The predicted molar refractivity (Wildman–Crippen MR) is 72.2 cm³/mol. The second-order valence-electron chi connectivity index (χ2n) is 2.86. The van der Waals surface area contributed by atoms with E-state index in [0.29, 0.717) is 0 Å². The summed E-state index contributed by atoms with van der Waals surface area (Å²) in [7, 11) is 0. The van der Waals surface area contributed by atoms with E-state index in [9.17, 15) is 5.11 Å². The first-order valence-electron chi connectivity index (χ1n) is 4.12. The Morgan fingerprint density at radius 3 is 2.93 bits per heavy atom. The molecule has 0 radical (unpaired) electrons. The van der Waals surface area contributed by atoms with Crippen LogP contribution >= 0.6 is 45.7 Å². The Morgan fingerprint density at radius 1 is 1.50 bits per heavy atom. The molecule has 2 rings (SSSR count). The molecule has 4 heteroatoms. The molecule has 0 aliphatic heterocycles. The van der Waals surface area contributed by atoms with E-state index in [4.69, 9.17) is 0 Å². The molecule has 0 bridgehead atoms.